The number of rotatable bonds is 4. The molecule has 0 unspecified atom stereocenters. The Morgan fingerprint density at radius 2 is 1.50 bits per heavy atom. The van der Waals surface area contributed by atoms with E-state index in [2.05, 4.69) is 0 Å². The largest absolute Gasteiger partial charge is 0.457 e. The third-order valence-electron chi connectivity index (χ3n) is 2.70. The molecule has 2 aromatic carbocycles. The average Bonchev–Trinajstić information content (AvgIpc) is 2.40. The maximum absolute atomic E-state index is 9.81. The molecule has 3 nitrogen and oxygen atoms in total. The first kappa shape index (κ1) is 12.6. The number of aliphatic hydroxyl groups is 1. The zero-order valence-electron chi connectivity index (χ0n) is 10.3. The molecule has 0 bridgehead atoms. The van der Waals surface area contributed by atoms with Crippen molar-refractivity contribution in [1.29, 1.82) is 0 Å². The number of hydrogen-bond acceptors (Lipinski definition) is 3. The highest BCUT2D eigenvalue weighted by molar-refractivity contribution is 5.33. The van der Waals surface area contributed by atoms with E-state index in [9.17, 15) is 5.11 Å². The Hall–Kier alpha value is -1.84. The van der Waals surface area contributed by atoms with Crippen molar-refractivity contribution in [3.8, 4) is 11.5 Å². The van der Waals surface area contributed by atoms with Crippen molar-refractivity contribution in [3.05, 3.63) is 60.2 Å². The average molecular weight is 243 g/mol. The zero-order chi connectivity index (χ0) is 13.0. The van der Waals surface area contributed by atoms with Gasteiger partial charge in [0.05, 0.1) is 6.10 Å². The summed E-state index contributed by atoms with van der Waals surface area (Å²) >= 11 is 0. The molecular formula is C15H17NO2. The summed E-state index contributed by atoms with van der Waals surface area (Å²) < 4.78 is 5.66. The third kappa shape index (κ3) is 3.09. The zero-order valence-corrected chi connectivity index (χ0v) is 10.3. The first-order valence-corrected chi connectivity index (χ1v) is 5.93. The lowest BCUT2D eigenvalue weighted by molar-refractivity contribution is 0.153. The molecule has 2 atom stereocenters. The van der Waals surface area contributed by atoms with E-state index in [4.69, 9.17) is 10.5 Å². The van der Waals surface area contributed by atoms with Crippen molar-refractivity contribution in [3.63, 3.8) is 0 Å². The highest BCUT2D eigenvalue weighted by Crippen LogP contribution is 2.23. The van der Waals surface area contributed by atoms with Crippen LogP contribution in [-0.2, 0) is 0 Å². The van der Waals surface area contributed by atoms with Gasteiger partial charge in [-0.1, -0.05) is 30.3 Å². The first-order chi connectivity index (χ1) is 8.66. The molecule has 2 rings (SSSR count). The Morgan fingerprint density at radius 1 is 0.944 bits per heavy atom. The standard InChI is InChI=1S/C15H17NO2/c1-11(16)15(17)12-7-9-14(10-8-12)18-13-5-3-2-4-6-13/h2-11,15,17H,16H2,1H3/t11-,15-/m1/s1. The predicted molar refractivity (Wildman–Crippen MR) is 71.6 cm³/mol. The maximum atomic E-state index is 9.81. The minimum atomic E-state index is -0.643. The smallest absolute Gasteiger partial charge is 0.127 e. The Balaban J connectivity index is 2.09. The Labute approximate surface area is 107 Å². The second-order valence-corrected chi connectivity index (χ2v) is 4.29. The summed E-state index contributed by atoms with van der Waals surface area (Å²) in [4.78, 5) is 0. The van der Waals surface area contributed by atoms with Crippen LogP contribution in [0.3, 0.4) is 0 Å². The van der Waals surface area contributed by atoms with E-state index in [-0.39, 0.29) is 6.04 Å². The summed E-state index contributed by atoms with van der Waals surface area (Å²) in [5.74, 6) is 1.53. The summed E-state index contributed by atoms with van der Waals surface area (Å²) in [5.41, 5.74) is 6.44. The third-order valence-corrected chi connectivity index (χ3v) is 2.70. The van der Waals surface area contributed by atoms with Crippen LogP contribution in [0, 0.1) is 0 Å². The Kier molecular flexibility index (Phi) is 3.97. The molecule has 0 aromatic heterocycles. The van der Waals surface area contributed by atoms with Gasteiger partial charge in [0.2, 0.25) is 0 Å². The van der Waals surface area contributed by atoms with Crippen molar-refractivity contribution in [2.75, 3.05) is 0 Å². The van der Waals surface area contributed by atoms with Crippen molar-refractivity contribution in [2.24, 2.45) is 5.73 Å². The van der Waals surface area contributed by atoms with Crippen LogP contribution in [0.4, 0.5) is 0 Å². The lowest BCUT2D eigenvalue weighted by Crippen LogP contribution is -2.24. The fourth-order valence-electron chi connectivity index (χ4n) is 1.66. The molecule has 0 saturated heterocycles. The number of ether oxygens (including phenoxy) is 1. The second-order valence-electron chi connectivity index (χ2n) is 4.29. The molecule has 0 aliphatic carbocycles. The second kappa shape index (κ2) is 5.67. The van der Waals surface area contributed by atoms with Crippen LogP contribution in [0.5, 0.6) is 11.5 Å². The monoisotopic (exact) mass is 243 g/mol. The lowest BCUT2D eigenvalue weighted by atomic mass is 10.0. The Bertz CT molecular complexity index is 480. The van der Waals surface area contributed by atoms with Crippen molar-refractivity contribution in [2.45, 2.75) is 19.1 Å². The van der Waals surface area contributed by atoms with E-state index in [0.29, 0.717) is 0 Å². The molecule has 0 fully saturated rings. The van der Waals surface area contributed by atoms with Crippen LogP contribution >= 0.6 is 0 Å². The van der Waals surface area contributed by atoms with Gasteiger partial charge in [-0.25, -0.2) is 0 Å². The maximum Gasteiger partial charge on any atom is 0.127 e. The van der Waals surface area contributed by atoms with Gasteiger partial charge in [0.15, 0.2) is 0 Å². The normalized spacial score (nSPS) is 13.9. The van der Waals surface area contributed by atoms with Crippen LogP contribution in [-0.4, -0.2) is 11.1 Å². The number of nitrogens with two attached hydrogens (primary N) is 1. The summed E-state index contributed by atoms with van der Waals surface area (Å²) in [5, 5.41) is 9.81. The van der Waals surface area contributed by atoms with Crippen LogP contribution in [0.15, 0.2) is 54.6 Å². The molecule has 0 saturated carbocycles. The van der Waals surface area contributed by atoms with Gasteiger partial charge in [-0.2, -0.15) is 0 Å². The van der Waals surface area contributed by atoms with Crippen molar-refractivity contribution in [1.82, 2.24) is 0 Å². The van der Waals surface area contributed by atoms with Crippen molar-refractivity contribution < 1.29 is 9.84 Å². The minimum absolute atomic E-state index is 0.286. The van der Waals surface area contributed by atoms with E-state index in [0.717, 1.165) is 17.1 Å². The predicted octanol–water partition coefficient (Wildman–Crippen LogP) is 2.86. The van der Waals surface area contributed by atoms with Gasteiger partial charge in [-0.15, -0.1) is 0 Å². The van der Waals surface area contributed by atoms with Crippen LogP contribution < -0.4 is 10.5 Å². The number of aliphatic hydroxyl groups excluding tert-OH is 1. The van der Waals surface area contributed by atoms with Gasteiger partial charge in [0, 0.05) is 6.04 Å². The van der Waals surface area contributed by atoms with E-state index in [1.165, 1.54) is 0 Å². The molecule has 2 aromatic rings. The van der Waals surface area contributed by atoms with Crippen LogP contribution in [0.1, 0.15) is 18.6 Å². The SMILES string of the molecule is C[C@@H](N)[C@@H](O)c1ccc(Oc2ccccc2)cc1. The van der Waals surface area contributed by atoms with Crippen LogP contribution in [0.25, 0.3) is 0 Å². The summed E-state index contributed by atoms with van der Waals surface area (Å²) in [6.45, 7) is 1.78. The highest BCUT2D eigenvalue weighted by atomic mass is 16.5. The van der Waals surface area contributed by atoms with Gasteiger partial charge >= 0.3 is 0 Å². The topological polar surface area (TPSA) is 55.5 Å². The van der Waals surface area contributed by atoms with Gasteiger partial charge < -0.3 is 15.6 Å². The first-order valence-electron chi connectivity index (χ1n) is 5.93. The van der Waals surface area contributed by atoms with Gasteiger partial charge in [-0.05, 0) is 36.8 Å². The van der Waals surface area contributed by atoms with E-state index >= 15 is 0 Å². The number of benzene rings is 2. The number of hydrogen-bond donors (Lipinski definition) is 2. The molecule has 0 aliphatic heterocycles. The molecule has 94 valence electrons. The van der Waals surface area contributed by atoms with Crippen LogP contribution in [0.2, 0.25) is 0 Å². The van der Waals surface area contributed by atoms with E-state index in [1.807, 2.05) is 54.6 Å². The van der Waals surface area contributed by atoms with Crippen molar-refractivity contribution >= 4 is 0 Å². The molecule has 0 aliphatic rings. The fourth-order valence-corrected chi connectivity index (χ4v) is 1.66. The summed E-state index contributed by atoms with van der Waals surface area (Å²) in [6, 6.07) is 16.6. The molecule has 0 amide bonds. The molecule has 0 heterocycles. The minimum Gasteiger partial charge on any atom is -0.457 e. The summed E-state index contributed by atoms with van der Waals surface area (Å²) in [6.07, 6.45) is -0.643. The van der Waals surface area contributed by atoms with E-state index < -0.39 is 6.10 Å². The molecule has 3 N–H and O–H groups in total. The number of para-hydroxylation sites is 1. The van der Waals surface area contributed by atoms with Gasteiger partial charge in [0.25, 0.3) is 0 Å². The van der Waals surface area contributed by atoms with Gasteiger partial charge in [-0.3, -0.25) is 0 Å². The van der Waals surface area contributed by atoms with Gasteiger partial charge in [0.1, 0.15) is 11.5 Å². The molecule has 3 heteroatoms. The molecular weight excluding hydrogens is 226 g/mol. The summed E-state index contributed by atoms with van der Waals surface area (Å²) in [7, 11) is 0. The lowest BCUT2D eigenvalue weighted by Gasteiger charge is -2.15. The quantitative estimate of drug-likeness (QED) is 0.868. The molecule has 0 radical (unpaired) electrons. The molecule has 18 heavy (non-hydrogen) atoms. The highest BCUT2D eigenvalue weighted by Gasteiger charge is 2.11. The van der Waals surface area contributed by atoms with E-state index in [1.54, 1.807) is 6.92 Å². The fraction of sp³-hybridized carbons (Fsp3) is 0.200. The molecule has 0 spiro atoms. The Morgan fingerprint density at radius 3 is 2.06 bits per heavy atom.